The summed E-state index contributed by atoms with van der Waals surface area (Å²) in [6, 6.07) is 6.80. The van der Waals surface area contributed by atoms with E-state index in [0.717, 1.165) is 25.8 Å². The zero-order valence-corrected chi connectivity index (χ0v) is 17.6. The molecule has 0 bridgehead atoms. The van der Waals surface area contributed by atoms with E-state index in [-0.39, 0.29) is 0 Å². The second kappa shape index (κ2) is 10.3. The average molecular weight is 365 g/mol. The fraction of sp³-hybridized carbons (Fsp3) is 0.480. The van der Waals surface area contributed by atoms with Gasteiger partial charge < -0.3 is 10.3 Å². The summed E-state index contributed by atoms with van der Waals surface area (Å²) in [7, 11) is 2.06. The van der Waals surface area contributed by atoms with Crippen molar-refractivity contribution in [2.24, 2.45) is 10.9 Å². The predicted molar refractivity (Wildman–Crippen MR) is 121 cm³/mol. The molecule has 2 atom stereocenters. The lowest BCUT2D eigenvalue weighted by atomic mass is 9.83. The fourth-order valence-corrected chi connectivity index (χ4v) is 3.87. The minimum Gasteiger partial charge on any atom is -0.391 e. The van der Waals surface area contributed by atoms with Gasteiger partial charge in [0.2, 0.25) is 0 Å². The highest BCUT2D eigenvalue weighted by molar-refractivity contribution is 5.71. The topological polar surface area (TPSA) is 24.4 Å². The highest BCUT2D eigenvalue weighted by atomic mass is 14.9. The van der Waals surface area contributed by atoms with Gasteiger partial charge in [-0.2, -0.15) is 0 Å². The minimum atomic E-state index is 0.473. The van der Waals surface area contributed by atoms with E-state index in [1.807, 2.05) is 6.08 Å². The van der Waals surface area contributed by atoms with Crippen molar-refractivity contribution in [2.75, 3.05) is 13.6 Å². The van der Waals surface area contributed by atoms with Crippen LogP contribution in [0.4, 0.5) is 0 Å². The summed E-state index contributed by atoms with van der Waals surface area (Å²) in [5, 5.41) is 3.50. The van der Waals surface area contributed by atoms with E-state index in [2.05, 4.69) is 75.7 Å². The average Bonchev–Trinajstić information content (AvgIpc) is 3.54. The van der Waals surface area contributed by atoms with Crippen LogP contribution >= 0.6 is 0 Å². The molecule has 1 fully saturated rings. The van der Waals surface area contributed by atoms with Gasteiger partial charge in [-0.05, 0) is 80.0 Å². The normalized spacial score (nSPS) is 15.9. The number of allylic oxidation sites excluding steroid dienone is 4. The molecule has 27 heavy (non-hydrogen) atoms. The van der Waals surface area contributed by atoms with Crippen LogP contribution in [0.3, 0.4) is 0 Å². The number of nitrogens with one attached hydrogen (secondary N) is 1. The maximum Gasteiger partial charge on any atom is 0.0388 e. The Hall–Kier alpha value is -2.09. The van der Waals surface area contributed by atoms with Gasteiger partial charge in [0.1, 0.15) is 0 Å². The Morgan fingerprint density at radius 3 is 2.59 bits per heavy atom. The van der Waals surface area contributed by atoms with Crippen molar-refractivity contribution in [2.45, 2.75) is 58.8 Å². The molecule has 1 N–H and O–H groups in total. The van der Waals surface area contributed by atoms with Gasteiger partial charge in [0, 0.05) is 25.2 Å². The van der Waals surface area contributed by atoms with E-state index >= 15 is 0 Å². The Morgan fingerprint density at radius 1 is 1.33 bits per heavy atom. The van der Waals surface area contributed by atoms with Crippen molar-refractivity contribution in [3.63, 3.8) is 0 Å². The van der Waals surface area contributed by atoms with Crippen LogP contribution in [0.5, 0.6) is 0 Å². The number of nitrogens with zero attached hydrogens (tertiary/aromatic N) is 1. The predicted octanol–water partition coefficient (Wildman–Crippen LogP) is 6.61. The Bertz CT molecular complexity index is 718. The summed E-state index contributed by atoms with van der Waals surface area (Å²) in [6.07, 6.45) is 9.95. The van der Waals surface area contributed by atoms with Crippen molar-refractivity contribution in [1.29, 1.82) is 0 Å². The molecule has 0 amide bonds. The van der Waals surface area contributed by atoms with Gasteiger partial charge in [0.15, 0.2) is 0 Å². The number of aliphatic imine (C=N–C) groups is 1. The van der Waals surface area contributed by atoms with Crippen molar-refractivity contribution in [3.8, 4) is 0 Å². The van der Waals surface area contributed by atoms with Gasteiger partial charge >= 0.3 is 0 Å². The molecule has 0 aliphatic heterocycles. The molecule has 1 aliphatic rings. The SMILES string of the molecule is C=Cc1ccc(C(C)CC)c(/C(=C/C)CC(CCN=C)C(NC)=C2CC2)c1. The van der Waals surface area contributed by atoms with Crippen LogP contribution in [0.25, 0.3) is 11.6 Å². The first-order valence-corrected chi connectivity index (χ1v) is 10.3. The van der Waals surface area contributed by atoms with E-state index < -0.39 is 0 Å². The summed E-state index contributed by atoms with van der Waals surface area (Å²) in [5.41, 5.74) is 8.47. The van der Waals surface area contributed by atoms with Crippen LogP contribution in [-0.2, 0) is 0 Å². The lowest BCUT2D eigenvalue weighted by Crippen LogP contribution is -2.18. The van der Waals surface area contributed by atoms with Gasteiger partial charge in [0.25, 0.3) is 0 Å². The van der Waals surface area contributed by atoms with E-state index in [0.29, 0.717) is 11.8 Å². The van der Waals surface area contributed by atoms with E-state index in [1.54, 1.807) is 5.57 Å². The third kappa shape index (κ3) is 5.45. The maximum absolute atomic E-state index is 4.13. The minimum absolute atomic E-state index is 0.473. The number of rotatable bonds is 11. The number of hydrogen-bond donors (Lipinski definition) is 1. The zero-order chi connectivity index (χ0) is 19.8. The molecule has 0 heterocycles. The molecule has 1 saturated carbocycles. The molecule has 2 rings (SSSR count). The Kier molecular flexibility index (Phi) is 8.09. The van der Waals surface area contributed by atoms with Crippen molar-refractivity contribution < 1.29 is 0 Å². The lowest BCUT2D eigenvalue weighted by molar-refractivity contribution is 0.549. The largest absolute Gasteiger partial charge is 0.391 e. The van der Waals surface area contributed by atoms with Crippen LogP contribution in [0.1, 0.15) is 75.5 Å². The second-order valence-corrected chi connectivity index (χ2v) is 7.58. The maximum atomic E-state index is 4.13. The summed E-state index contributed by atoms with van der Waals surface area (Å²) < 4.78 is 0. The summed E-state index contributed by atoms with van der Waals surface area (Å²) >= 11 is 0. The number of hydrogen-bond acceptors (Lipinski definition) is 2. The molecule has 146 valence electrons. The smallest absolute Gasteiger partial charge is 0.0388 e. The molecule has 1 aromatic rings. The summed E-state index contributed by atoms with van der Waals surface area (Å²) in [4.78, 5) is 4.13. The Morgan fingerprint density at radius 2 is 2.07 bits per heavy atom. The van der Waals surface area contributed by atoms with Crippen LogP contribution in [0, 0.1) is 5.92 Å². The first-order valence-electron chi connectivity index (χ1n) is 10.3. The Labute approximate surface area is 166 Å². The zero-order valence-electron chi connectivity index (χ0n) is 17.6. The van der Waals surface area contributed by atoms with Crippen LogP contribution in [0.2, 0.25) is 0 Å². The van der Waals surface area contributed by atoms with E-state index in [9.17, 15) is 0 Å². The van der Waals surface area contributed by atoms with Crippen molar-refractivity contribution >= 4 is 18.4 Å². The molecular formula is C25H36N2. The van der Waals surface area contributed by atoms with Crippen LogP contribution in [0.15, 0.2) is 47.1 Å². The fourth-order valence-electron chi connectivity index (χ4n) is 3.87. The van der Waals surface area contributed by atoms with Crippen molar-refractivity contribution in [3.05, 3.63) is 58.8 Å². The van der Waals surface area contributed by atoms with Gasteiger partial charge in [-0.3, -0.25) is 0 Å². The molecule has 1 aliphatic carbocycles. The second-order valence-electron chi connectivity index (χ2n) is 7.58. The van der Waals surface area contributed by atoms with E-state index in [1.165, 1.54) is 40.8 Å². The first-order chi connectivity index (χ1) is 13.1. The summed E-state index contributed by atoms with van der Waals surface area (Å²) in [5.74, 6) is 1.02. The molecule has 0 radical (unpaired) electrons. The molecule has 0 spiro atoms. The third-order valence-electron chi connectivity index (χ3n) is 5.81. The molecule has 2 heteroatoms. The molecule has 1 aromatic carbocycles. The first kappa shape index (κ1) is 21.2. The van der Waals surface area contributed by atoms with Crippen LogP contribution in [-0.4, -0.2) is 20.3 Å². The Balaban J connectivity index is 2.40. The standard InChI is InChI=1S/C25H36N2/c1-7-18(4)23-13-10-19(8-2)16-24(23)20(9-3)17-22(14-15-26-5)25(27-6)21-11-12-21/h8-10,13,16,18,22,27H,2,5,7,11-12,14-15,17H2,1,3-4,6H3/b20-9+. The van der Waals surface area contributed by atoms with Gasteiger partial charge in [-0.15, -0.1) is 0 Å². The quantitative estimate of drug-likeness (QED) is 0.439. The number of benzene rings is 1. The molecule has 0 saturated heterocycles. The highest BCUT2D eigenvalue weighted by Gasteiger charge is 2.25. The van der Waals surface area contributed by atoms with Crippen molar-refractivity contribution in [1.82, 2.24) is 5.32 Å². The molecule has 2 unspecified atom stereocenters. The lowest BCUT2D eigenvalue weighted by Gasteiger charge is -2.24. The van der Waals surface area contributed by atoms with Gasteiger partial charge in [0.05, 0.1) is 0 Å². The molecule has 0 aromatic heterocycles. The molecule has 2 nitrogen and oxygen atoms in total. The van der Waals surface area contributed by atoms with E-state index in [4.69, 9.17) is 0 Å². The monoisotopic (exact) mass is 364 g/mol. The van der Waals surface area contributed by atoms with Crippen LogP contribution < -0.4 is 5.32 Å². The highest BCUT2D eigenvalue weighted by Crippen LogP contribution is 2.39. The van der Waals surface area contributed by atoms with Gasteiger partial charge in [-0.1, -0.05) is 50.3 Å². The summed E-state index contributed by atoms with van der Waals surface area (Å²) in [6.45, 7) is 15.2. The molecular weight excluding hydrogens is 328 g/mol. The van der Waals surface area contributed by atoms with Gasteiger partial charge in [-0.25, -0.2) is 0 Å². The third-order valence-corrected chi connectivity index (χ3v) is 5.81.